The van der Waals surface area contributed by atoms with Crippen LogP contribution in [-0.4, -0.2) is 59.7 Å². The summed E-state index contributed by atoms with van der Waals surface area (Å²) in [6.07, 6.45) is 4.18. The number of fused-ring (bicyclic) bond motifs is 3. The summed E-state index contributed by atoms with van der Waals surface area (Å²) in [4.78, 5) is 4.68. The summed E-state index contributed by atoms with van der Waals surface area (Å²) < 4.78 is 38.6. The van der Waals surface area contributed by atoms with Gasteiger partial charge in [-0.25, -0.2) is 4.39 Å². The Hall–Kier alpha value is -4.07. The molecular formula is C34H33FN2O4. The summed E-state index contributed by atoms with van der Waals surface area (Å²) in [7, 11) is 1.48. The topological polar surface area (TPSA) is 43.4 Å². The van der Waals surface area contributed by atoms with Crippen LogP contribution in [0.15, 0.2) is 78.9 Å². The van der Waals surface area contributed by atoms with Gasteiger partial charge in [0.15, 0.2) is 17.2 Å². The quantitative estimate of drug-likeness (QED) is 0.302. The molecule has 2 fully saturated rings. The number of halogens is 1. The molecule has 6 nitrogen and oxygen atoms in total. The van der Waals surface area contributed by atoms with Crippen LogP contribution in [0.1, 0.15) is 16.7 Å². The molecule has 7 heteroatoms. The Labute approximate surface area is 239 Å². The molecule has 2 saturated heterocycles. The van der Waals surface area contributed by atoms with Crippen molar-refractivity contribution in [2.75, 3.05) is 69.5 Å². The van der Waals surface area contributed by atoms with Crippen LogP contribution in [-0.2, 0) is 15.1 Å². The summed E-state index contributed by atoms with van der Waals surface area (Å²) in [6.45, 7) is 6.17. The van der Waals surface area contributed by atoms with E-state index in [9.17, 15) is 0 Å². The molecule has 1 atom stereocenters. The van der Waals surface area contributed by atoms with E-state index in [1.807, 2.05) is 6.07 Å². The number of methoxy groups -OCH3 is 1. The molecule has 0 saturated carbocycles. The Kier molecular flexibility index (Phi) is 6.77. The van der Waals surface area contributed by atoms with Gasteiger partial charge in [-0.2, -0.15) is 0 Å². The van der Waals surface area contributed by atoms with Crippen molar-refractivity contribution in [3.8, 4) is 11.5 Å². The molecule has 0 aliphatic carbocycles. The predicted octanol–water partition coefficient (Wildman–Crippen LogP) is 6.01. The molecule has 3 aliphatic heterocycles. The smallest absolute Gasteiger partial charge is 0.178 e. The van der Waals surface area contributed by atoms with E-state index in [1.165, 1.54) is 18.6 Å². The SMILES string of the molecule is COc1ccc(C2(c3ccc(N4CCOCC4)cc3)C=Cc3c(cc(N4CCOCC4)c4ccccc34)O2)cc1F. The molecule has 0 N–H and O–H groups in total. The van der Waals surface area contributed by atoms with Gasteiger partial charge >= 0.3 is 0 Å². The van der Waals surface area contributed by atoms with Gasteiger partial charge in [-0.3, -0.25) is 0 Å². The third kappa shape index (κ3) is 4.59. The number of ether oxygens (including phenoxy) is 4. The predicted molar refractivity (Wildman–Crippen MR) is 160 cm³/mol. The Balaban J connectivity index is 1.37. The zero-order valence-electron chi connectivity index (χ0n) is 23.1. The molecule has 4 aromatic carbocycles. The standard InChI is InChI=1S/C34H33FN2O4/c1-38-32-11-8-25(22-30(32)35)34(24-6-9-26(10-7-24)36-14-18-39-19-15-36)13-12-29-27-4-2-3-5-28(27)31(23-33(29)41-34)37-16-20-40-21-17-37/h2-13,22-23H,14-21H2,1H3. The molecule has 0 radical (unpaired) electrons. The monoisotopic (exact) mass is 552 g/mol. The van der Waals surface area contributed by atoms with E-state index in [0.717, 1.165) is 73.0 Å². The fraction of sp³-hybridized carbons (Fsp3) is 0.294. The molecule has 3 heterocycles. The first-order valence-corrected chi connectivity index (χ1v) is 14.2. The lowest BCUT2D eigenvalue weighted by Crippen LogP contribution is -2.37. The largest absolute Gasteiger partial charge is 0.494 e. The second kappa shape index (κ2) is 10.7. The van der Waals surface area contributed by atoms with Crippen molar-refractivity contribution in [2.24, 2.45) is 0 Å². The molecule has 3 aliphatic rings. The van der Waals surface area contributed by atoms with Gasteiger partial charge < -0.3 is 28.7 Å². The van der Waals surface area contributed by atoms with Gasteiger partial charge in [-0.05, 0) is 41.8 Å². The second-order valence-corrected chi connectivity index (χ2v) is 10.6. The highest BCUT2D eigenvalue weighted by Crippen LogP contribution is 2.47. The van der Waals surface area contributed by atoms with Gasteiger partial charge in [0.1, 0.15) is 5.75 Å². The molecule has 1 unspecified atom stereocenters. The zero-order chi connectivity index (χ0) is 27.8. The highest BCUT2D eigenvalue weighted by molar-refractivity contribution is 6.02. The lowest BCUT2D eigenvalue weighted by atomic mass is 9.82. The highest BCUT2D eigenvalue weighted by Gasteiger charge is 2.39. The number of nitrogens with zero attached hydrogens (tertiary/aromatic N) is 2. The molecule has 0 bridgehead atoms. The number of anilines is 2. The lowest BCUT2D eigenvalue weighted by molar-refractivity contribution is 0.122. The van der Waals surface area contributed by atoms with Crippen molar-refractivity contribution in [3.05, 3.63) is 101 Å². The lowest BCUT2D eigenvalue weighted by Gasteiger charge is -2.38. The Morgan fingerprint density at radius 1 is 0.756 bits per heavy atom. The first kappa shape index (κ1) is 25.9. The van der Waals surface area contributed by atoms with Gasteiger partial charge in [0, 0.05) is 65.7 Å². The number of hydrogen-bond acceptors (Lipinski definition) is 6. The second-order valence-electron chi connectivity index (χ2n) is 10.6. The first-order valence-electron chi connectivity index (χ1n) is 14.2. The van der Waals surface area contributed by atoms with Gasteiger partial charge in [0.05, 0.1) is 33.5 Å². The third-order valence-corrected chi connectivity index (χ3v) is 8.39. The Morgan fingerprint density at radius 3 is 2.10 bits per heavy atom. The number of benzene rings is 4. The van der Waals surface area contributed by atoms with Crippen LogP contribution in [0.25, 0.3) is 16.8 Å². The van der Waals surface area contributed by atoms with Crippen molar-refractivity contribution in [1.82, 2.24) is 0 Å². The van der Waals surface area contributed by atoms with Crippen LogP contribution >= 0.6 is 0 Å². The first-order chi connectivity index (χ1) is 20.2. The van der Waals surface area contributed by atoms with Crippen molar-refractivity contribution in [3.63, 3.8) is 0 Å². The number of hydrogen-bond donors (Lipinski definition) is 0. The number of morpholine rings is 2. The molecule has 7 rings (SSSR count). The van der Waals surface area contributed by atoms with Gasteiger partial charge in [-0.15, -0.1) is 0 Å². The molecule has 0 spiro atoms. The summed E-state index contributed by atoms with van der Waals surface area (Å²) in [5, 5.41) is 2.30. The Bertz CT molecular complexity index is 1590. The number of rotatable bonds is 5. The maximum atomic E-state index is 15.2. The van der Waals surface area contributed by atoms with Gasteiger partial charge in [-0.1, -0.05) is 42.5 Å². The van der Waals surface area contributed by atoms with Crippen LogP contribution in [0.5, 0.6) is 11.5 Å². The van der Waals surface area contributed by atoms with Crippen LogP contribution < -0.4 is 19.3 Å². The van der Waals surface area contributed by atoms with Gasteiger partial charge in [0.25, 0.3) is 0 Å². The molecule has 0 aromatic heterocycles. The van der Waals surface area contributed by atoms with E-state index in [1.54, 1.807) is 6.07 Å². The van der Waals surface area contributed by atoms with Crippen LogP contribution in [0.2, 0.25) is 0 Å². The fourth-order valence-corrected chi connectivity index (χ4v) is 6.20. The minimum atomic E-state index is -1.03. The minimum Gasteiger partial charge on any atom is -0.494 e. The van der Waals surface area contributed by atoms with Crippen LogP contribution in [0.4, 0.5) is 15.8 Å². The minimum absolute atomic E-state index is 0.201. The molecule has 0 amide bonds. The molecule has 4 aromatic rings. The van der Waals surface area contributed by atoms with E-state index < -0.39 is 11.4 Å². The van der Waals surface area contributed by atoms with E-state index in [4.69, 9.17) is 18.9 Å². The molecule has 41 heavy (non-hydrogen) atoms. The van der Waals surface area contributed by atoms with E-state index in [-0.39, 0.29) is 5.75 Å². The van der Waals surface area contributed by atoms with Crippen molar-refractivity contribution in [1.29, 1.82) is 0 Å². The molecule has 210 valence electrons. The van der Waals surface area contributed by atoms with Crippen molar-refractivity contribution >= 4 is 28.2 Å². The van der Waals surface area contributed by atoms with Crippen molar-refractivity contribution < 1.29 is 23.3 Å². The maximum Gasteiger partial charge on any atom is 0.178 e. The summed E-state index contributed by atoms with van der Waals surface area (Å²) in [5.41, 5.74) is 3.85. The average molecular weight is 553 g/mol. The fourth-order valence-electron chi connectivity index (χ4n) is 6.20. The average Bonchev–Trinajstić information content (AvgIpc) is 3.05. The van der Waals surface area contributed by atoms with E-state index in [2.05, 4.69) is 76.5 Å². The summed E-state index contributed by atoms with van der Waals surface area (Å²) in [5.74, 6) is 0.540. The zero-order valence-corrected chi connectivity index (χ0v) is 23.1. The van der Waals surface area contributed by atoms with Crippen LogP contribution in [0.3, 0.4) is 0 Å². The maximum absolute atomic E-state index is 15.2. The van der Waals surface area contributed by atoms with E-state index >= 15 is 4.39 Å². The summed E-state index contributed by atoms with van der Waals surface area (Å²) in [6, 6.07) is 24.1. The normalized spacial score (nSPS) is 20.5. The van der Waals surface area contributed by atoms with E-state index in [0.29, 0.717) is 18.8 Å². The summed E-state index contributed by atoms with van der Waals surface area (Å²) >= 11 is 0. The van der Waals surface area contributed by atoms with Crippen molar-refractivity contribution in [2.45, 2.75) is 5.60 Å². The Morgan fingerprint density at radius 2 is 1.41 bits per heavy atom. The van der Waals surface area contributed by atoms with Crippen LogP contribution in [0, 0.1) is 5.82 Å². The molecular weight excluding hydrogens is 519 g/mol. The van der Waals surface area contributed by atoms with Gasteiger partial charge in [0.2, 0.25) is 0 Å². The highest BCUT2D eigenvalue weighted by atomic mass is 19.1. The third-order valence-electron chi connectivity index (χ3n) is 8.39.